The van der Waals surface area contributed by atoms with Gasteiger partial charge in [0.25, 0.3) is 0 Å². The first-order valence-electron chi connectivity index (χ1n) is 12.7. The van der Waals surface area contributed by atoms with Gasteiger partial charge in [-0.15, -0.1) is 0 Å². The molecule has 1 aliphatic rings. The van der Waals surface area contributed by atoms with Crippen LogP contribution in [-0.4, -0.2) is 19.2 Å². The van der Waals surface area contributed by atoms with E-state index in [1.807, 2.05) is 72.8 Å². The summed E-state index contributed by atoms with van der Waals surface area (Å²) in [6.07, 6.45) is 1.09. The van der Waals surface area contributed by atoms with Crippen LogP contribution in [0.5, 0.6) is 5.75 Å². The maximum absolute atomic E-state index is 13.0. The van der Waals surface area contributed by atoms with Gasteiger partial charge in [-0.05, 0) is 40.8 Å². The summed E-state index contributed by atoms with van der Waals surface area (Å²) in [4.78, 5) is 13.0. The zero-order valence-corrected chi connectivity index (χ0v) is 20.8. The number of benzene rings is 4. The molecule has 5 nitrogen and oxygen atoms in total. The molecular weight excluding hydrogens is 462 g/mol. The van der Waals surface area contributed by atoms with E-state index in [2.05, 4.69) is 29.6 Å². The van der Waals surface area contributed by atoms with Gasteiger partial charge in [0.05, 0.1) is 6.61 Å². The van der Waals surface area contributed by atoms with Crippen LogP contribution < -0.4 is 10.1 Å². The van der Waals surface area contributed by atoms with Crippen molar-refractivity contribution in [1.82, 2.24) is 0 Å². The van der Waals surface area contributed by atoms with E-state index in [4.69, 9.17) is 14.2 Å². The van der Waals surface area contributed by atoms with Gasteiger partial charge in [0.15, 0.2) is 0 Å². The molecular formula is C32H31NO4. The lowest BCUT2D eigenvalue weighted by Gasteiger charge is -2.15. The summed E-state index contributed by atoms with van der Waals surface area (Å²) < 4.78 is 17.2. The third-order valence-corrected chi connectivity index (χ3v) is 6.53. The highest BCUT2D eigenvalue weighted by Gasteiger charge is 2.18. The summed E-state index contributed by atoms with van der Waals surface area (Å²) in [5.41, 5.74) is 5.75. The van der Waals surface area contributed by atoms with Crippen LogP contribution in [0.4, 0.5) is 5.69 Å². The molecule has 0 aromatic heterocycles. The summed E-state index contributed by atoms with van der Waals surface area (Å²) in [6.45, 7) is 2.88. The molecule has 1 heterocycles. The molecule has 1 saturated heterocycles. The summed E-state index contributed by atoms with van der Waals surface area (Å²) in [7, 11) is 0. The monoisotopic (exact) mass is 493 g/mol. The van der Waals surface area contributed by atoms with Gasteiger partial charge in [-0.2, -0.15) is 0 Å². The van der Waals surface area contributed by atoms with Crippen molar-refractivity contribution in [1.29, 1.82) is 0 Å². The maximum Gasteiger partial charge on any atom is 0.342 e. The number of hydrogen-bond acceptors (Lipinski definition) is 5. The zero-order valence-electron chi connectivity index (χ0n) is 20.8. The van der Waals surface area contributed by atoms with Crippen LogP contribution >= 0.6 is 0 Å². The van der Waals surface area contributed by atoms with Crippen LogP contribution in [0.2, 0.25) is 0 Å². The fourth-order valence-corrected chi connectivity index (χ4v) is 4.37. The SMILES string of the molecule is O=C(OCc1ccccc1)c1ccc(NCc2ccc(C3CCOC3)cc2)cc1OCc1ccccc1. The lowest BCUT2D eigenvalue weighted by Crippen LogP contribution is -2.09. The number of anilines is 1. The Morgan fingerprint density at radius 1 is 0.811 bits per heavy atom. The van der Waals surface area contributed by atoms with Gasteiger partial charge in [0.1, 0.15) is 24.5 Å². The van der Waals surface area contributed by atoms with Crippen molar-refractivity contribution in [3.63, 3.8) is 0 Å². The largest absolute Gasteiger partial charge is 0.488 e. The molecule has 5 heteroatoms. The van der Waals surface area contributed by atoms with Crippen LogP contribution in [-0.2, 0) is 29.2 Å². The molecule has 0 bridgehead atoms. The Bertz CT molecular complexity index is 1280. The highest BCUT2D eigenvalue weighted by atomic mass is 16.5. The molecule has 0 saturated carbocycles. The number of rotatable bonds is 10. The standard InChI is InChI=1S/C32H31NO4/c34-32(37-22-26-9-5-2-6-10-26)30-16-15-29(19-31(30)36-21-25-7-3-1-4-8-25)33-20-24-11-13-27(14-12-24)28-17-18-35-23-28/h1-16,19,28,33H,17-18,20-23H2. The molecule has 0 radical (unpaired) electrons. The normalized spacial score (nSPS) is 14.8. The predicted octanol–water partition coefficient (Wildman–Crippen LogP) is 6.74. The summed E-state index contributed by atoms with van der Waals surface area (Å²) in [6, 6.07) is 33.8. The van der Waals surface area contributed by atoms with Crippen LogP contribution in [0.3, 0.4) is 0 Å². The first-order valence-corrected chi connectivity index (χ1v) is 12.7. The fraction of sp³-hybridized carbons (Fsp3) is 0.219. The number of ether oxygens (including phenoxy) is 3. The molecule has 4 aromatic carbocycles. The van der Waals surface area contributed by atoms with Gasteiger partial charge in [-0.3, -0.25) is 0 Å². The van der Waals surface area contributed by atoms with E-state index in [0.717, 1.165) is 36.4 Å². The number of carbonyl (C=O) groups excluding carboxylic acids is 1. The molecule has 37 heavy (non-hydrogen) atoms. The quantitative estimate of drug-likeness (QED) is 0.248. The van der Waals surface area contributed by atoms with Crippen molar-refractivity contribution in [2.24, 2.45) is 0 Å². The highest BCUT2D eigenvalue weighted by Crippen LogP contribution is 2.27. The van der Waals surface area contributed by atoms with Crippen LogP contribution in [0.1, 0.15) is 45.0 Å². The van der Waals surface area contributed by atoms with E-state index < -0.39 is 5.97 Å². The van der Waals surface area contributed by atoms with E-state index in [1.165, 1.54) is 11.1 Å². The third-order valence-electron chi connectivity index (χ3n) is 6.53. The number of hydrogen-bond donors (Lipinski definition) is 1. The second-order valence-corrected chi connectivity index (χ2v) is 9.20. The van der Waals surface area contributed by atoms with Crippen molar-refractivity contribution >= 4 is 11.7 Å². The Kier molecular flexibility index (Phi) is 8.14. The van der Waals surface area contributed by atoms with Gasteiger partial charge in [-0.1, -0.05) is 84.9 Å². The molecule has 5 rings (SSSR count). The number of nitrogens with one attached hydrogen (secondary N) is 1. The average molecular weight is 494 g/mol. The highest BCUT2D eigenvalue weighted by molar-refractivity contribution is 5.93. The molecule has 1 aliphatic heterocycles. The van der Waals surface area contributed by atoms with Crippen LogP contribution in [0.25, 0.3) is 0 Å². The van der Waals surface area contributed by atoms with Crippen molar-refractivity contribution < 1.29 is 19.0 Å². The Morgan fingerprint density at radius 3 is 2.19 bits per heavy atom. The molecule has 4 aromatic rings. The maximum atomic E-state index is 13.0. The lowest BCUT2D eigenvalue weighted by atomic mass is 9.97. The van der Waals surface area contributed by atoms with Gasteiger partial charge in [0, 0.05) is 30.8 Å². The molecule has 1 fully saturated rings. The van der Waals surface area contributed by atoms with Gasteiger partial charge >= 0.3 is 5.97 Å². The topological polar surface area (TPSA) is 56.8 Å². The Morgan fingerprint density at radius 2 is 1.51 bits per heavy atom. The van der Waals surface area contributed by atoms with Crippen LogP contribution in [0.15, 0.2) is 103 Å². The zero-order chi connectivity index (χ0) is 25.3. The Labute approximate surface area is 218 Å². The second-order valence-electron chi connectivity index (χ2n) is 9.20. The first-order chi connectivity index (χ1) is 18.2. The Hall–Kier alpha value is -4.09. The smallest absolute Gasteiger partial charge is 0.342 e. The second kappa shape index (κ2) is 12.2. The van der Waals surface area contributed by atoms with E-state index in [1.54, 1.807) is 6.07 Å². The first kappa shape index (κ1) is 24.6. The van der Waals surface area contributed by atoms with Gasteiger partial charge in [0.2, 0.25) is 0 Å². The molecule has 1 N–H and O–H groups in total. The van der Waals surface area contributed by atoms with Crippen molar-refractivity contribution in [2.75, 3.05) is 18.5 Å². The number of carbonyl (C=O) groups is 1. The summed E-state index contributed by atoms with van der Waals surface area (Å²) in [5.74, 6) is 0.578. The van der Waals surface area contributed by atoms with E-state index in [9.17, 15) is 4.79 Å². The number of esters is 1. The van der Waals surface area contributed by atoms with Gasteiger partial charge < -0.3 is 19.5 Å². The van der Waals surface area contributed by atoms with Crippen molar-refractivity contribution in [3.05, 3.63) is 131 Å². The van der Waals surface area contributed by atoms with Crippen molar-refractivity contribution in [3.8, 4) is 5.75 Å². The van der Waals surface area contributed by atoms with E-state index >= 15 is 0 Å². The third kappa shape index (κ3) is 6.78. The predicted molar refractivity (Wildman–Crippen MR) is 145 cm³/mol. The van der Waals surface area contributed by atoms with Crippen molar-refractivity contribution in [2.45, 2.75) is 32.1 Å². The molecule has 1 atom stereocenters. The van der Waals surface area contributed by atoms with E-state index in [-0.39, 0.29) is 6.61 Å². The molecule has 1 unspecified atom stereocenters. The summed E-state index contributed by atoms with van der Waals surface area (Å²) in [5, 5.41) is 3.46. The minimum atomic E-state index is -0.412. The summed E-state index contributed by atoms with van der Waals surface area (Å²) >= 11 is 0. The molecule has 188 valence electrons. The Balaban J connectivity index is 1.27. The fourth-order valence-electron chi connectivity index (χ4n) is 4.37. The molecule has 0 amide bonds. The van der Waals surface area contributed by atoms with E-state index in [0.29, 0.717) is 30.4 Å². The van der Waals surface area contributed by atoms with Crippen LogP contribution in [0, 0.1) is 0 Å². The lowest BCUT2D eigenvalue weighted by molar-refractivity contribution is 0.0467. The van der Waals surface area contributed by atoms with Gasteiger partial charge in [-0.25, -0.2) is 4.79 Å². The minimum absolute atomic E-state index is 0.209. The minimum Gasteiger partial charge on any atom is -0.488 e. The average Bonchev–Trinajstić information content (AvgIpc) is 3.50. The molecule has 0 aliphatic carbocycles. The molecule has 0 spiro atoms.